The van der Waals surface area contributed by atoms with Crippen molar-refractivity contribution in [2.45, 2.75) is 57.8 Å². The molecule has 0 bridgehead atoms. The number of hydrogen-bond acceptors (Lipinski definition) is 7. The Hall–Kier alpha value is -3.21. The molecule has 2 fully saturated rings. The van der Waals surface area contributed by atoms with E-state index in [2.05, 4.69) is 49.8 Å². The molecule has 0 saturated carbocycles. The van der Waals surface area contributed by atoms with Crippen LogP contribution in [0.4, 0.5) is 10.2 Å². The highest BCUT2D eigenvalue weighted by molar-refractivity contribution is 6.35. The van der Waals surface area contributed by atoms with Crippen molar-refractivity contribution in [3.05, 3.63) is 53.3 Å². The Labute approximate surface area is 252 Å². The molecule has 2 amide bonds. The van der Waals surface area contributed by atoms with Crippen LogP contribution in [0.25, 0.3) is 11.3 Å². The first-order valence-electron chi connectivity index (χ1n) is 14.6. The predicted molar refractivity (Wildman–Crippen MR) is 163 cm³/mol. The van der Waals surface area contributed by atoms with Crippen LogP contribution in [0.2, 0.25) is 5.02 Å². The Bertz CT molecular complexity index is 1370. The van der Waals surface area contributed by atoms with E-state index in [1.54, 1.807) is 28.0 Å². The first-order valence-corrected chi connectivity index (χ1v) is 15.0. The van der Waals surface area contributed by atoms with Crippen LogP contribution in [0.15, 0.2) is 36.9 Å². The fourth-order valence-corrected chi connectivity index (χ4v) is 6.49. The van der Waals surface area contributed by atoms with Crippen LogP contribution in [0.3, 0.4) is 0 Å². The lowest BCUT2D eigenvalue weighted by atomic mass is 9.99. The Morgan fingerprint density at radius 1 is 1.26 bits per heavy atom. The molecule has 4 heterocycles. The monoisotopic (exact) mass is 598 g/mol. The number of hydrogen-bond donors (Lipinski definition) is 2. The standard InChI is InChI=1S/C31H40ClFN6O3/c1-6-24(40)37-13-14-38-21(17-37)18-42-28-25(30(38)41)29(36-27(26(28)32)22-9-7-8-10-23(22)33)39-16-20(15-31(39,4)5)35-12-11-34-19(2)3/h6-10,19-21,34-35H,1,11-18H2,2-5H3/t20?,21-/m1/s1. The largest absolute Gasteiger partial charge is 0.489 e. The average molecular weight is 599 g/mol. The minimum Gasteiger partial charge on any atom is -0.489 e. The molecule has 0 radical (unpaired) electrons. The van der Waals surface area contributed by atoms with E-state index in [-0.39, 0.29) is 63.6 Å². The molecule has 5 rings (SSSR count). The van der Waals surface area contributed by atoms with Gasteiger partial charge in [0.2, 0.25) is 5.91 Å². The Morgan fingerprint density at radius 3 is 2.74 bits per heavy atom. The van der Waals surface area contributed by atoms with E-state index in [4.69, 9.17) is 21.3 Å². The van der Waals surface area contributed by atoms with Gasteiger partial charge in [0.25, 0.3) is 5.91 Å². The molecule has 11 heteroatoms. The van der Waals surface area contributed by atoms with Gasteiger partial charge in [-0.25, -0.2) is 9.37 Å². The molecule has 2 atom stereocenters. The molecule has 1 aromatic heterocycles. The van der Waals surface area contributed by atoms with Gasteiger partial charge in [0, 0.05) is 62.5 Å². The lowest BCUT2D eigenvalue weighted by molar-refractivity contribution is -0.128. The summed E-state index contributed by atoms with van der Waals surface area (Å²) in [5.74, 6) is -0.276. The van der Waals surface area contributed by atoms with Gasteiger partial charge in [-0.15, -0.1) is 0 Å². The minimum atomic E-state index is -0.466. The number of fused-ring (bicyclic) bond motifs is 2. The van der Waals surface area contributed by atoms with Gasteiger partial charge in [-0.1, -0.05) is 44.2 Å². The maximum absolute atomic E-state index is 15.1. The first kappa shape index (κ1) is 30.3. The smallest absolute Gasteiger partial charge is 0.261 e. The van der Waals surface area contributed by atoms with Gasteiger partial charge >= 0.3 is 0 Å². The van der Waals surface area contributed by atoms with Crippen molar-refractivity contribution in [2.24, 2.45) is 0 Å². The van der Waals surface area contributed by atoms with Gasteiger partial charge in [-0.3, -0.25) is 9.59 Å². The molecular formula is C31H40ClFN6O3. The lowest BCUT2D eigenvalue weighted by Crippen LogP contribution is -2.57. The number of carbonyl (C=O) groups excluding carboxylic acids is 2. The molecule has 3 aliphatic rings. The summed E-state index contributed by atoms with van der Waals surface area (Å²) in [4.78, 5) is 37.2. The van der Waals surface area contributed by atoms with Crippen molar-refractivity contribution in [1.82, 2.24) is 25.4 Å². The molecule has 9 nitrogen and oxygen atoms in total. The fraction of sp³-hybridized carbons (Fsp3) is 0.516. The zero-order chi connectivity index (χ0) is 30.2. The van der Waals surface area contributed by atoms with E-state index in [9.17, 15) is 9.59 Å². The summed E-state index contributed by atoms with van der Waals surface area (Å²) in [5.41, 5.74) is 0.374. The van der Waals surface area contributed by atoms with Crippen LogP contribution in [-0.2, 0) is 4.79 Å². The maximum atomic E-state index is 15.1. The molecule has 1 unspecified atom stereocenters. The summed E-state index contributed by atoms with van der Waals surface area (Å²) < 4.78 is 21.4. The number of piperazine rings is 1. The third-order valence-electron chi connectivity index (χ3n) is 8.31. The molecule has 42 heavy (non-hydrogen) atoms. The van der Waals surface area contributed by atoms with E-state index in [1.165, 1.54) is 12.1 Å². The average Bonchev–Trinajstić information content (AvgIpc) is 3.18. The number of nitrogens with zero attached hydrogens (tertiary/aromatic N) is 4. The number of amides is 2. The summed E-state index contributed by atoms with van der Waals surface area (Å²) in [7, 11) is 0. The number of anilines is 1. The fourth-order valence-electron chi connectivity index (χ4n) is 6.19. The lowest BCUT2D eigenvalue weighted by Gasteiger charge is -2.40. The predicted octanol–water partition coefficient (Wildman–Crippen LogP) is 3.72. The molecule has 0 aliphatic carbocycles. The second-order valence-electron chi connectivity index (χ2n) is 12.1. The Morgan fingerprint density at radius 2 is 2.02 bits per heavy atom. The summed E-state index contributed by atoms with van der Waals surface area (Å²) in [6.07, 6.45) is 2.10. The van der Waals surface area contributed by atoms with Gasteiger partial charge in [0.1, 0.15) is 28.8 Å². The number of aromatic nitrogens is 1. The van der Waals surface area contributed by atoms with Gasteiger partial charge in [0.05, 0.1) is 11.7 Å². The summed E-state index contributed by atoms with van der Waals surface area (Å²) >= 11 is 6.92. The quantitative estimate of drug-likeness (QED) is 0.354. The van der Waals surface area contributed by atoms with Gasteiger partial charge < -0.3 is 30.1 Å². The van der Waals surface area contributed by atoms with E-state index in [1.807, 2.05) is 0 Å². The Kier molecular flexibility index (Phi) is 8.78. The van der Waals surface area contributed by atoms with Crippen molar-refractivity contribution in [1.29, 1.82) is 0 Å². The number of halogens is 2. The summed E-state index contributed by atoms with van der Waals surface area (Å²) in [6, 6.07) is 6.51. The zero-order valence-electron chi connectivity index (χ0n) is 24.8. The highest BCUT2D eigenvalue weighted by Gasteiger charge is 2.45. The van der Waals surface area contributed by atoms with Gasteiger partial charge in [0.15, 0.2) is 5.75 Å². The second kappa shape index (κ2) is 12.2. The molecule has 1 aromatic carbocycles. The van der Waals surface area contributed by atoms with E-state index >= 15 is 4.39 Å². The third-order valence-corrected chi connectivity index (χ3v) is 8.66. The number of rotatable bonds is 8. The summed E-state index contributed by atoms with van der Waals surface area (Å²) in [6.45, 7) is 15.5. The molecule has 2 saturated heterocycles. The normalized spacial score (nSPS) is 21.6. The molecule has 226 valence electrons. The highest BCUT2D eigenvalue weighted by Crippen LogP contribution is 2.46. The first-order chi connectivity index (χ1) is 20.0. The number of benzene rings is 1. The molecule has 2 aromatic rings. The molecule has 2 N–H and O–H groups in total. The van der Waals surface area contributed by atoms with E-state index in [0.717, 1.165) is 19.5 Å². The van der Waals surface area contributed by atoms with Gasteiger partial charge in [-0.05, 0) is 38.5 Å². The molecule has 0 spiro atoms. The highest BCUT2D eigenvalue weighted by atomic mass is 35.5. The number of carbonyl (C=O) groups is 2. The van der Waals surface area contributed by atoms with Crippen LogP contribution in [0.1, 0.15) is 44.5 Å². The summed E-state index contributed by atoms with van der Waals surface area (Å²) in [5, 5.41) is 7.16. The number of pyridine rings is 1. The number of ether oxygens (including phenoxy) is 1. The van der Waals surface area contributed by atoms with Crippen molar-refractivity contribution >= 4 is 29.2 Å². The molecule has 3 aliphatic heterocycles. The van der Waals surface area contributed by atoms with Crippen molar-refractivity contribution in [2.75, 3.05) is 50.8 Å². The second-order valence-corrected chi connectivity index (χ2v) is 12.5. The van der Waals surface area contributed by atoms with Crippen LogP contribution in [0.5, 0.6) is 5.75 Å². The van der Waals surface area contributed by atoms with Crippen molar-refractivity contribution in [3.63, 3.8) is 0 Å². The minimum absolute atomic E-state index is 0.0949. The maximum Gasteiger partial charge on any atom is 0.261 e. The van der Waals surface area contributed by atoms with E-state index in [0.29, 0.717) is 38.0 Å². The van der Waals surface area contributed by atoms with Crippen LogP contribution in [-0.4, -0.2) is 96.1 Å². The van der Waals surface area contributed by atoms with Crippen LogP contribution >= 0.6 is 11.6 Å². The van der Waals surface area contributed by atoms with Crippen molar-refractivity contribution in [3.8, 4) is 17.0 Å². The molecular weight excluding hydrogens is 559 g/mol. The number of nitrogens with one attached hydrogen (secondary N) is 2. The van der Waals surface area contributed by atoms with Crippen molar-refractivity contribution < 1.29 is 18.7 Å². The van der Waals surface area contributed by atoms with Crippen LogP contribution < -0.4 is 20.3 Å². The topological polar surface area (TPSA) is 90.0 Å². The third kappa shape index (κ3) is 5.85. The van der Waals surface area contributed by atoms with Crippen LogP contribution in [0, 0.1) is 5.82 Å². The Balaban J connectivity index is 1.56. The van der Waals surface area contributed by atoms with E-state index < -0.39 is 5.82 Å². The zero-order valence-corrected chi connectivity index (χ0v) is 25.5. The van der Waals surface area contributed by atoms with Gasteiger partial charge in [-0.2, -0.15) is 0 Å². The SMILES string of the molecule is C=CC(=O)N1CCN2C(=O)c3c(N4CC(NCCNC(C)C)CC4(C)C)nc(-c4ccccc4F)c(Cl)c3OC[C@H]2C1.